The normalized spacial score (nSPS) is 11.3. The molecule has 7 nitrogen and oxygen atoms in total. The van der Waals surface area contributed by atoms with Crippen molar-refractivity contribution in [2.24, 2.45) is 0 Å². The zero-order valence-electron chi connectivity index (χ0n) is 7.51. The number of aromatic nitrogens is 4. The molecule has 0 amide bonds. The maximum atomic E-state index is 10.6. The third-order valence-electron chi connectivity index (χ3n) is 1.47. The molecule has 0 aliphatic heterocycles. The van der Waals surface area contributed by atoms with Gasteiger partial charge in [0.2, 0.25) is 5.16 Å². The zero-order valence-corrected chi connectivity index (χ0v) is 11.1. The van der Waals surface area contributed by atoms with Crippen molar-refractivity contribution in [2.45, 2.75) is 5.16 Å². The molecule has 0 saturated carbocycles. The van der Waals surface area contributed by atoms with Gasteiger partial charge in [0, 0.05) is 0 Å². The fourth-order valence-corrected chi connectivity index (χ4v) is 1.53. The molecule has 2 N–H and O–H groups in total. The monoisotopic (exact) mass is 254 g/mol. The zero-order chi connectivity index (χ0) is 10.3. The summed E-state index contributed by atoms with van der Waals surface area (Å²) in [5.74, 6) is 0. The molecular weight excluding hydrogens is 251 g/mol. The van der Waals surface area contributed by atoms with E-state index in [-0.39, 0.29) is 40.0 Å². The fourth-order valence-electron chi connectivity index (χ4n) is 0.934. The van der Waals surface area contributed by atoms with Crippen molar-refractivity contribution in [1.29, 1.82) is 0 Å². The van der Waals surface area contributed by atoms with E-state index in [4.69, 9.17) is 12.2 Å². The first kappa shape index (κ1) is 12.7. The van der Waals surface area contributed by atoms with Gasteiger partial charge < -0.3 is 14.5 Å². The first-order chi connectivity index (χ1) is 6.47. The van der Waals surface area contributed by atoms with Crippen LogP contribution in [0.2, 0.25) is 0 Å². The smallest absolute Gasteiger partial charge is 0.742 e. The minimum Gasteiger partial charge on any atom is -0.742 e. The first-order valence-electron chi connectivity index (χ1n) is 3.38. The number of rotatable bonds is 1. The molecule has 0 bridgehead atoms. The van der Waals surface area contributed by atoms with Crippen LogP contribution < -0.4 is 29.6 Å². The van der Waals surface area contributed by atoms with Gasteiger partial charge in [-0.3, -0.25) is 0 Å². The van der Waals surface area contributed by atoms with Crippen molar-refractivity contribution < 1.29 is 42.5 Å². The Balaban J connectivity index is 0.00000112. The van der Waals surface area contributed by atoms with E-state index in [2.05, 4.69) is 19.9 Å². The first-order valence-corrected chi connectivity index (χ1v) is 5.19. The summed E-state index contributed by atoms with van der Waals surface area (Å²) in [6.45, 7) is 0. The average molecular weight is 254 g/mol. The van der Waals surface area contributed by atoms with Crippen LogP contribution >= 0.6 is 12.2 Å². The summed E-state index contributed by atoms with van der Waals surface area (Å²) < 4.78 is 31.9. The molecule has 0 aromatic carbocycles. The minimum atomic E-state index is -4.63. The maximum Gasteiger partial charge on any atom is 1.00 e. The van der Waals surface area contributed by atoms with Gasteiger partial charge in [-0.1, -0.05) is 0 Å². The number of fused-ring (bicyclic) bond motifs is 1. The second kappa shape index (κ2) is 4.28. The fraction of sp³-hybridized carbons (Fsp3) is 0. The number of hydrogen-bond donors (Lipinski definition) is 2. The summed E-state index contributed by atoms with van der Waals surface area (Å²) in [7, 11) is -4.63. The number of nitrogens with one attached hydrogen (secondary N) is 2. The molecule has 2 aromatic heterocycles. The van der Waals surface area contributed by atoms with Gasteiger partial charge in [0.15, 0.2) is 20.5 Å². The Bertz CT molecular complexity index is 646. The Hall–Kier alpha value is -0.320. The number of imidazole rings is 1. The van der Waals surface area contributed by atoms with E-state index in [1.807, 2.05) is 0 Å². The molecule has 10 heteroatoms. The van der Waals surface area contributed by atoms with Gasteiger partial charge in [-0.2, -0.15) is 4.98 Å². The summed E-state index contributed by atoms with van der Waals surface area (Å²) in [5.41, 5.74) is 0.641. The number of hydrogen-bond acceptors (Lipinski definition) is 6. The van der Waals surface area contributed by atoms with Crippen molar-refractivity contribution in [1.82, 2.24) is 19.9 Å². The van der Waals surface area contributed by atoms with Crippen LogP contribution in [0.25, 0.3) is 11.2 Å². The van der Waals surface area contributed by atoms with Crippen LogP contribution in [-0.2, 0) is 10.1 Å². The van der Waals surface area contributed by atoms with Crippen molar-refractivity contribution >= 4 is 33.5 Å². The second-order valence-electron chi connectivity index (χ2n) is 2.45. The van der Waals surface area contributed by atoms with E-state index in [9.17, 15) is 13.0 Å². The number of nitrogens with zero attached hydrogens (tertiary/aromatic N) is 2. The van der Waals surface area contributed by atoms with E-state index in [0.29, 0.717) is 5.52 Å². The van der Waals surface area contributed by atoms with Crippen molar-refractivity contribution in [3.8, 4) is 0 Å². The summed E-state index contributed by atoms with van der Waals surface area (Å²) in [5, 5.41) is -0.768. The van der Waals surface area contributed by atoms with Crippen LogP contribution in [0.15, 0.2) is 11.4 Å². The number of H-pyrrole nitrogens is 2. The summed E-state index contributed by atoms with van der Waals surface area (Å²) in [6, 6.07) is 0. The van der Waals surface area contributed by atoms with Gasteiger partial charge in [0.1, 0.15) is 5.52 Å². The van der Waals surface area contributed by atoms with Crippen LogP contribution in [0, 0.1) is 4.77 Å². The Morgan fingerprint density at radius 1 is 1.40 bits per heavy atom. The largest absolute Gasteiger partial charge is 1.00 e. The van der Waals surface area contributed by atoms with Crippen molar-refractivity contribution in [3.63, 3.8) is 0 Å². The van der Waals surface area contributed by atoms with Crippen LogP contribution in [0.3, 0.4) is 0 Å². The van der Waals surface area contributed by atoms with E-state index in [1.165, 1.54) is 6.20 Å². The molecule has 0 atom stereocenters. The van der Waals surface area contributed by atoms with E-state index >= 15 is 0 Å². The van der Waals surface area contributed by atoms with E-state index in [0.717, 1.165) is 0 Å². The van der Waals surface area contributed by atoms with Crippen LogP contribution in [0.4, 0.5) is 0 Å². The van der Waals surface area contributed by atoms with Gasteiger partial charge >= 0.3 is 29.6 Å². The molecule has 2 rings (SSSR count). The number of aromatic amines is 2. The van der Waals surface area contributed by atoms with Crippen molar-refractivity contribution in [2.75, 3.05) is 0 Å². The summed E-state index contributed by atoms with van der Waals surface area (Å²) >= 11 is 4.74. The molecular formula is C5H3N4NaO3S2. The van der Waals surface area contributed by atoms with Crippen LogP contribution in [0.5, 0.6) is 0 Å². The van der Waals surface area contributed by atoms with Gasteiger partial charge in [-0.25, -0.2) is 13.4 Å². The molecule has 0 fully saturated rings. The third kappa shape index (κ3) is 2.62. The van der Waals surface area contributed by atoms with Gasteiger partial charge in [-0.05, 0) is 12.2 Å². The molecule has 74 valence electrons. The third-order valence-corrected chi connectivity index (χ3v) is 2.32. The van der Waals surface area contributed by atoms with Gasteiger partial charge in [-0.15, -0.1) is 0 Å². The van der Waals surface area contributed by atoms with Gasteiger partial charge in [0.25, 0.3) is 0 Å². The SMILES string of the molecule is O=S(=O)([O-])c1ncc2[nH]c(=S)[nH]c2n1.[Na+]. The Kier molecular flexibility index (Phi) is 3.63. The van der Waals surface area contributed by atoms with Gasteiger partial charge in [0.05, 0.1) is 6.20 Å². The van der Waals surface area contributed by atoms with Crippen molar-refractivity contribution in [3.05, 3.63) is 11.0 Å². The topological polar surface area (TPSA) is 115 Å². The van der Waals surface area contributed by atoms with E-state index in [1.54, 1.807) is 0 Å². The minimum absolute atomic E-state index is 0. The molecule has 15 heavy (non-hydrogen) atoms. The molecule has 2 heterocycles. The molecule has 0 unspecified atom stereocenters. The molecule has 0 saturated heterocycles. The standard InChI is InChI=1S/C5H4N4O3S2.Na/c10-14(11,12)5-6-1-2-3(9-5)8-4(13)7-2;/h1H,(H,10,11,12)(H2,6,7,8,9,13);/q;+1/p-1. The Morgan fingerprint density at radius 2 is 2.07 bits per heavy atom. The Morgan fingerprint density at radius 3 is 2.67 bits per heavy atom. The maximum absolute atomic E-state index is 10.6. The quantitative estimate of drug-likeness (QED) is 0.241. The molecule has 2 aromatic rings. The molecule has 0 aliphatic carbocycles. The van der Waals surface area contributed by atoms with Crippen LogP contribution in [-0.4, -0.2) is 32.9 Å². The molecule has 0 spiro atoms. The average Bonchev–Trinajstić information content (AvgIpc) is 2.41. The summed E-state index contributed by atoms with van der Waals surface area (Å²) in [4.78, 5) is 12.1. The Labute approximate surface area is 111 Å². The van der Waals surface area contributed by atoms with Crippen LogP contribution in [0.1, 0.15) is 0 Å². The predicted molar refractivity (Wildman–Crippen MR) is 47.0 cm³/mol. The summed E-state index contributed by atoms with van der Waals surface area (Å²) in [6.07, 6.45) is 1.18. The predicted octanol–water partition coefficient (Wildman–Crippen LogP) is -3.08. The van der Waals surface area contributed by atoms with E-state index < -0.39 is 15.3 Å². The second-order valence-corrected chi connectivity index (χ2v) is 4.13. The molecule has 0 radical (unpaired) electrons. The molecule has 0 aliphatic rings.